The molecular formula is C26H16S. The van der Waals surface area contributed by atoms with Crippen LogP contribution < -0.4 is 0 Å². The van der Waals surface area contributed by atoms with Crippen LogP contribution in [-0.2, 0) is 0 Å². The highest BCUT2D eigenvalue weighted by atomic mass is 32.1. The van der Waals surface area contributed by atoms with Crippen LogP contribution in [0.2, 0.25) is 0 Å². The van der Waals surface area contributed by atoms with E-state index >= 15 is 0 Å². The third-order valence-corrected chi connectivity index (χ3v) is 6.63. The first-order valence-electron chi connectivity index (χ1n) is 9.21. The lowest BCUT2D eigenvalue weighted by atomic mass is 9.94. The number of benzene rings is 5. The largest absolute Gasteiger partial charge is 0.135 e. The van der Waals surface area contributed by atoms with Gasteiger partial charge in [0.15, 0.2) is 0 Å². The first-order chi connectivity index (χ1) is 13.4. The summed E-state index contributed by atoms with van der Waals surface area (Å²) in [5.74, 6) is 0. The van der Waals surface area contributed by atoms with Gasteiger partial charge in [0.05, 0.1) is 0 Å². The van der Waals surface area contributed by atoms with Crippen LogP contribution in [0.25, 0.3) is 52.8 Å². The zero-order chi connectivity index (χ0) is 17.8. The fourth-order valence-electron chi connectivity index (χ4n) is 4.15. The van der Waals surface area contributed by atoms with E-state index in [0.29, 0.717) is 0 Å². The van der Waals surface area contributed by atoms with E-state index in [1.165, 1.54) is 52.8 Å². The topological polar surface area (TPSA) is 0 Å². The van der Waals surface area contributed by atoms with Crippen LogP contribution in [-0.4, -0.2) is 0 Å². The highest BCUT2D eigenvalue weighted by Crippen LogP contribution is 2.44. The monoisotopic (exact) mass is 360 g/mol. The van der Waals surface area contributed by atoms with Gasteiger partial charge in [-0.15, -0.1) is 11.3 Å². The predicted octanol–water partition coefficient (Wildman–Crippen LogP) is 8.03. The van der Waals surface area contributed by atoms with E-state index in [-0.39, 0.29) is 0 Å². The van der Waals surface area contributed by atoms with E-state index < -0.39 is 0 Å². The Morgan fingerprint density at radius 2 is 1.19 bits per heavy atom. The van der Waals surface area contributed by atoms with Crippen molar-refractivity contribution in [3.05, 3.63) is 97.1 Å². The lowest BCUT2D eigenvalue weighted by Gasteiger charge is -2.10. The second-order valence-corrected chi connectivity index (χ2v) is 8.06. The third-order valence-electron chi connectivity index (χ3n) is 5.43. The van der Waals surface area contributed by atoms with E-state index in [0.717, 1.165) is 0 Å². The quantitative estimate of drug-likeness (QED) is 0.278. The summed E-state index contributed by atoms with van der Waals surface area (Å²) in [6.07, 6.45) is 0. The Bertz CT molecular complexity index is 1470. The van der Waals surface area contributed by atoms with Gasteiger partial charge in [-0.2, -0.15) is 0 Å². The molecule has 0 saturated heterocycles. The zero-order valence-electron chi connectivity index (χ0n) is 14.6. The average molecular weight is 360 g/mol. The van der Waals surface area contributed by atoms with Crippen molar-refractivity contribution in [3.63, 3.8) is 0 Å². The molecule has 0 aliphatic rings. The molecule has 0 aliphatic carbocycles. The summed E-state index contributed by atoms with van der Waals surface area (Å²) in [7, 11) is 0. The van der Waals surface area contributed by atoms with E-state index in [1.54, 1.807) is 0 Å². The van der Waals surface area contributed by atoms with Gasteiger partial charge in [-0.3, -0.25) is 0 Å². The van der Waals surface area contributed by atoms with Gasteiger partial charge >= 0.3 is 0 Å². The molecule has 0 fully saturated rings. The molecule has 1 aromatic heterocycles. The van der Waals surface area contributed by atoms with E-state index in [1.807, 2.05) is 11.3 Å². The van der Waals surface area contributed by atoms with Gasteiger partial charge in [0.25, 0.3) is 0 Å². The first kappa shape index (κ1) is 15.0. The third kappa shape index (κ3) is 2.22. The van der Waals surface area contributed by atoms with Gasteiger partial charge in [0, 0.05) is 25.7 Å². The fraction of sp³-hybridized carbons (Fsp3) is 0. The number of hydrogen-bond acceptors (Lipinski definition) is 1. The van der Waals surface area contributed by atoms with Crippen LogP contribution >= 0.6 is 11.3 Å². The SMILES string of the molecule is c1ccc2cc(-c3c4ccccc4cc4c3sc3ccccc34)ccc2c1. The second-order valence-electron chi connectivity index (χ2n) is 7.01. The van der Waals surface area contributed by atoms with Crippen LogP contribution in [0.1, 0.15) is 0 Å². The summed E-state index contributed by atoms with van der Waals surface area (Å²) in [6.45, 7) is 0. The Hall–Kier alpha value is -3.16. The maximum atomic E-state index is 2.36. The van der Waals surface area contributed by atoms with Crippen molar-refractivity contribution in [2.75, 3.05) is 0 Å². The summed E-state index contributed by atoms with van der Waals surface area (Å²) < 4.78 is 2.73. The predicted molar refractivity (Wildman–Crippen MR) is 120 cm³/mol. The van der Waals surface area contributed by atoms with Crippen molar-refractivity contribution in [3.8, 4) is 11.1 Å². The molecule has 0 amide bonds. The molecule has 0 unspecified atom stereocenters. The Kier molecular flexibility index (Phi) is 3.14. The molecule has 0 spiro atoms. The molecule has 1 heteroatoms. The summed E-state index contributed by atoms with van der Waals surface area (Å²) in [4.78, 5) is 0. The molecule has 6 aromatic rings. The van der Waals surface area contributed by atoms with Crippen molar-refractivity contribution in [2.24, 2.45) is 0 Å². The molecule has 6 rings (SSSR count). The van der Waals surface area contributed by atoms with Crippen molar-refractivity contribution < 1.29 is 0 Å². The highest BCUT2D eigenvalue weighted by molar-refractivity contribution is 7.26. The van der Waals surface area contributed by atoms with Gasteiger partial charge in [-0.25, -0.2) is 0 Å². The van der Waals surface area contributed by atoms with Crippen molar-refractivity contribution >= 4 is 53.1 Å². The van der Waals surface area contributed by atoms with Crippen LogP contribution in [0.5, 0.6) is 0 Å². The second kappa shape index (κ2) is 5.67. The zero-order valence-corrected chi connectivity index (χ0v) is 15.5. The molecule has 0 aliphatic heterocycles. The fourth-order valence-corrected chi connectivity index (χ4v) is 5.42. The normalized spacial score (nSPS) is 11.7. The van der Waals surface area contributed by atoms with Crippen LogP contribution in [0.3, 0.4) is 0 Å². The van der Waals surface area contributed by atoms with Gasteiger partial charge in [-0.05, 0) is 45.3 Å². The molecule has 27 heavy (non-hydrogen) atoms. The summed E-state index contributed by atoms with van der Waals surface area (Å²) in [5, 5.41) is 7.91. The Balaban J connectivity index is 1.81. The Labute approximate surface area is 161 Å². The molecule has 0 radical (unpaired) electrons. The summed E-state index contributed by atoms with van der Waals surface area (Å²) >= 11 is 1.90. The Morgan fingerprint density at radius 3 is 2.07 bits per heavy atom. The van der Waals surface area contributed by atoms with E-state index in [4.69, 9.17) is 0 Å². The minimum atomic E-state index is 1.29. The van der Waals surface area contributed by atoms with Crippen LogP contribution in [0, 0.1) is 0 Å². The lowest BCUT2D eigenvalue weighted by molar-refractivity contribution is 1.72. The minimum Gasteiger partial charge on any atom is -0.135 e. The molecule has 5 aromatic carbocycles. The van der Waals surface area contributed by atoms with E-state index in [2.05, 4.69) is 97.1 Å². The molecular weight excluding hydrogens is 344 g/mol. The van der Waals surface area contributed by atoms with Crippen LogP contribution in [0.15, 0.2) is 97.1 Å². The van der Waals surface area contributed by atoms with Gasteiger partial charge in [-0.1, -0.05) is 78.9 Å². The smallest absolute Gasteiger partial charge is 0.0440 e. The van der Waals surface area contributed by atoms with Gasteiger partial charge in [0.1, 0.15) is 0 Å². The summed E-state index contributed by atoms with van der Waals surface area (Å²) in [5.41, 5.74) is 2.65. The number of hydrogen-bond donors (Lipinski definition) is 0. The van der Waals surface area contributed by atoms with Crippen molar-refractivity contribution in [2.45, 2.75) is 0 Å². The standard InChI is InChI=1S/C26H16S/c1-2-8-18-15-20(14-13-17(18)7-1)25-21-10-4-3-9-19(21)16-23-22-11-5-6-12-24(22)27-26(23)25/h1-16H. The Morgan fingerprint density at radius 1 is 0.481 bits per heavy atom. The lowest BCUT2D eigenvalue weighted by Crippen LogP contribution is -1.83. The van der Waals surface area contributed by atoms with Gasteiger partial charge < -0.3 is 0 Å². The maximum Gasteiger partial charge on any atom is 0.0440 e. The van der Waals surface area contributed by atoms with Crippen molar-refractivity contribution in [1.29, 1.82) is 0 Å². The first-order valence-corrected chi connectivity index (χ1v) is 10.0. The number of thiophene rings is 1. The molecule has 0 N–H and O–H groups in total. The average Bonchev–Trinajstić information content (AvgIpc) is 3.10. The minimum absolute atomic E-state index is 1.29. The van der Waals surface area contributed by atoms with Crippen molar-refractivity contribution in [1.82, 2.24) is 0 Å². The van der Waals surface area contributed by atoms with Gasteiger partial charge in [0.2, 0.25) is 0 Å². The van der Waals surface area contributed by atoms with Crippen LogP contribution in [0.4, 0.5) is 0 Å². The highest BCUT2D eigenvalue weighted by Gasteiger charge is 2.14. The van der Waals surface area contributed by atoms with E-state index in [9.17, 15) is 0 Å². The summed E-state index contributed by atoms with van der Waals surface area (Å²) in [6, 6.07) is 35.3. The number of fused-ring (bicyclic) bond motifs is 5. The number of rotatable bonds is 1. The molecule has 1 heterocycles. The maximum absolute atomic E-state index is 2.36. The molecule has 0 bridgehead atoms. The molecule has 0 nitrogen and oxygen atoms in total. The molecule has 0 atom stereocenters. The molecule has 126 valence electrons. The molecule has 0 saturated carbocycles.